The molecule has 1 aliphatic rings. The van der Waals surface area contributed by atoms with E-state index >= 15 is 0 Å². The molecule has 0 radical (unpaired) electrons. The number of carbonyl (C=O) groups is 1. The monoisotopic (exact) mass is 327 g/mol. The number of benzene rings is 2. The highest BCUT2D eigenvalue weighted by molar-refractivity contribution is 7.80. The average molecular weight is 327 g/mol. The van der Waals surface area contributed by atoms with Crippen LogP contribution in [-0.4, -0.2) is 35.6 Å². The van der Waals surface area contributed by atoms with Gasteiger partial charge in [-0.05, 0) is 48.6 Å². The third-order valence-corrected chi connectivity index (χ3v) is 3.77. The van der Waals surface area contributed by atoms with Crippen LogP contribution in [0, 0.1) is 0 Å². The van der Waals surface area contributed by atoms with E-state index in [-0.39, 0.29) is 5.91 Å². The molecule has 5 nitrogen and oxygen atoms in total. The lowest BCUT2D eigenvalue weighted by Crippen LogP contribution is -2.51. The Balaban J connectivity index is 1.59. The Hall–Kier alpha value is -2.60. The molecule has 118 valence electrons. The number of rotatable bonds is 3. The first-order valence-corrected chi connectivity index (χ1v) is 7.77. The first kappa shape index (κ1) is 15.3. The molecule has 2 aromatic rings. The molecule has 1 heterocycles. The Morgan fingerprint density at radius 1 is 1.09 bits per heavy atom. The van der Waals surface area contributed by atoms with E-state index in [4.69, 9.17) is 17.0 Å². The zero-order chi connectivity index (χ0) is 16.1. The van der Waals surface area contributed by atoms with Crippen molar-refractivity contribution in [3.05, 3.63) is 54.6 Å². The molecule has 0 aliphatic carbocycles. The second-order valence-electron chi connectivity index (χ2n) is 5.14. The van der Waals surface area contributed by atoms with Crippen molar-refractivity contribution in [1.82, 2.24) is 10.2 Å². The largest absolute Gasteiger partial charge is 0.457 e. The van der Waals surface area contributed by atoms with E-state index in [0.29, 0.717) is 24.7 Å². The quantitative estimate of drug-likeness (QED) is 0.849. The van der Waals surface area contributed by atoms with Gasteiger partial charge in [0.15, 0.2) is 5.11 Å². The highest BCUT2D eigenvalue weighted by Crippen LogP contribution is 2.22. The van der Waals surface area contributed by atoms with Gasteiger partial charge in [0.1, 0.15) is 11.5 Å². The van der Waals surface area contributed by atoms with Gasteiger partial charge in [-0.15, -0.1) is 0 Å². The summed E-state index contributed by atoms with van der Waals surface area (Å²) in [4.78, 5) is 13.2. The van der Waals surface area contributed by atoms with Gasteiger partial charge in [-0.25, -0.2) is 0 Å². The SMILES string of the molecule is O=C1CN(C(=S)Nc2ccc(Oc3ccccc3)cc2)CCN1. The van der Waals surface area contributed by atoms with E-state index in [2.05, 4.69) is 10.6 Å². The van der Waals surface area contributed by atoms with Crippen LogP contribution >= 0.6 is 12.2 Å². The third-order valence-electron chi connectivity index (χ3n) is 3.41. The van der Waals surface area contributed by atoms with E-state index < -0.39 is 0 Å². The van der Waals surface area contributed by atoms with Gasteiger partial charge in [0, 0.05) is 18.8 Å². The van der Waals surface area contributed by atoms with Gasteiger partial charge in [0.25, 0.3) is 0 Å². The smallest absolute Gasteiger partial charge is 0.239 e. The molecule has 0 aromatic heterocycles. The fourth-order valence-electron chi connectivity index (χ4n) is 2.25. The highest BCUT2D eigenvalue weighted by Gasteiger charge is 2.18. The number of nitrogens with zero attached hydrogens (tertiary/aromatic N) is 1. The molecular weight excluding hydrogens is 310 g/mol. The molecule has 0 saturated carbocycles. The normalized spacial score (nSPS) is 14.1. The molecule has 1 fully saturated rings. The predicted molar refractivity (Wildman–Crippen MR) is 93.8 cm³/mol. The number of hydrogen-bond donors (Lipinski definition) is 2. The number of hydrogen-bond acceptors (Lipinski definition) is 3. The van der Waals surface area contributed by atoms with Crippen molar-refractivity contribution in [3.8, 4) is 11.5 Å². The van der Waals surface area contributed by atoms with Crippen LogP contribution in [0.4, 0.5) is 5.69 Å². The number of nitrogens with one attached hydrogen (secondary N) is 2. The highest BCUT2D eigenvalue weighted by atomic mass is 32.1. The Morgan fingerprint density at radius 3 is 2.48 bits per heavy atom. The second-order valence-corrected chi connectivity index (χ2v) is 5.53. The maximum Gasteiger partial charge on any atom is 0.239 e. The summed E-state index contributed by atoms with van der Waals surface area (Å²) in [6.07, 6.45) is 0. The lowest BCUT2D eigenvalue weighted by atomic mass is 10.3. The summed E-state index contributed by atoms with van der Waals surface area (Å²) < 4.78 is 5.74. The Labute approximate surface area is 140 Å². The van der Waals surface area contributed by atoms with Crippen LogP contribution < -0.4 is 15.4 Å². The summed E-state index contributed by atoms with van der Waals surface area (Å²) in [5.74, 6) is 1.54. The minimum Gasteiger partial charge on any atom is -0.457 e. The van der Waals surface area contributed by atoms with E-state index in [1.165, 1.54) is 0 Å². The van der Waals surface area contributed by atoms with Crippen molar-refractivity contribution in [2.45, 2.75) is 0 Å². The van der Waals surface area contributed by atoms with Crippen LogP contribution in [0.2, 0.25) is 0 Å². The number of amides is 1. The molecule has 3 rings (SSSR count). The van der Waals surface area contributed by atoms with Crippen LogP contribution in [0.3, 0.4) is 0 Å². The maximum absolute atomic E-state index is 11.4. The zero-order valence-corrected chi connectivity index (χ0v) is 13.3. The molecule has 2 aromatic carbocycles. The molecule has 1 amide bonds. The van der Waals surface area contributed by atoms with Gasteiger partial charge in [0.2, 0.25) is 5.91 Å². The molecule has 2 N–H and O–H groups in total. The van der Waals surface area contributed by atoms with E-state index in [9.17, 15) is 4.79 Å². The van der Waals surface area contributed by atoms with Crippen molar-refractivity contribution in [2.24, 2.45) is 0 Å². The van der Waals surface area contributed by atoms with Crippen LogP contribution in [0.15, 0.2) is 54.6 Å². The number of carbonyl (C=O) groups excluding carboxylic acids is 1. The molecule has 23 heavy (non-hydrogen) atoms. The second kappa shape index (κ2) is 7.11. The van der Waals surface area contributed by atoms with Gasteiger partial charge in [-0.3, -0.25) is 4.79 Å². The number of thiocarbonyl (C=S) groups is 1. The molecular formula is C17H17N3O2S. The van der Waals surface area contributed by atoms with Gasteiger partial charge in [-0.1, -0.05) is 18.2 Å². The molecule has 0 unspecified atom stereocenters. The van der Waals surface area contributed by atoms with E-state index in [0.717, 1.165) is 17.2 Å². The number of ether oxygens (including phenoxy) is 1. The molecule has 6 heteroatoms. The summed E-state index contributed by atoms with van der Waals surface area (Å²) in [6.45, 7) is 1.62. The lowest BCUT2D eigenvalue weighted by Gasteiger charge is -2.29. The Morgan fingerprint density at radius 2 is 1.78 bits per heavy atom. The zero-order valence-electron chi connectivity index (χ0n) is 12.5. The van der Waals surface area contributed by atoms with Gasteiger partial charge < -0.3 is 20.3 Å². The summed E-state index contributed by atoms with van der Waals surface area (Å²) in [6, 6.07) is 17.2. The Kier molecular flexibility index (Phi) is 4.73. The molecule has 0 bridgehead atoms. The van der Waals surface area contributed by atoms with Crippen molar-refractivity contribution < 1.29 is 9.53 Å². The first-order valence-electron chi connectivity index (χ1n) is 7.36. The molecule has 0 spiro atoms. The summed E-state index contributed by atoms with van der Waals surface area (Å²) in [5, 5.41) is 6.47. The number of piperazine rings is 1. The van der Waals surface area contributed by atoms with E-state index in [1.807, 2.05) is 59.5 Å². The van der Waals surface area contributed by atoms with Crippen molar-refractivity contribution >= 4 is 28.9 Å². The minimum absolute atomic E-state index is 0.00740. The summed E-state index contributed by atoms with van der Waals surface area (Å²) in [7, 11) is 0. The van der Waals surface area contributed by atoms with Crippen LogP contribution in [0.25, 0.3) is 0 Å². The fraction of sp³-hybridized carbons (Fsp3) is 0.176. The third kappa shape index (κ3) is 4.20. The molecule has 1 aliphatic heterocycles. The van der Waals surface area contributed by atoms with Gasteiger partial charge in [-0.2, -0.15) is 0 Å². The topological polar surface area (TPSA) is 53.6 Å². The minimum atomic E-state index is -0.00740. The lowest BCUT2D eigenvalue weighted by molar-refractivity contribution is -0.122. The van der Waals surface area contributed by atoms with Gasteiger partial charge in [0.05, 0.1) is 6.54 Å². The average Bonchev–Trinajstić information content (AvgIpc) is 2.57. The van der Waals surface area contributed by atoms with Gasteiger partial charge >= 0.3 is 0 Å². The van der Waals surface area contributed by atoms with Crippen LogP contribution in [0.5, 0.6) is 11.5 Å². The van der Waals surface area contributed by atoms with Crippen molar-refractivity contribution in [3.63, 3.8) is 0 Å². The number of anilines is 1. The van der Waals surface area contributed by atoms with Crippen molar-refractivity contribution in [2.75, 3.05) is 25.0 Å². The maximum atomic E-state index is 11.4. The summed E-state index contributed by atoms with van der Waals surface area (Å²) >= 11 is 5.35. The summed E-state index contributed by atoms with van der Waals surface area (Å²) in [5.41, 5.74) is 0.862. The van der Waals surface area contributed by atoms with Crippen LogP contribution in [0.1, 0.15) is 0 Å². The van der Waals surface area contributed by atoms with E-state index in [1.54, 1.807) is 0 Å². The molecule has 1 saturated heterocycles. The first-order chi connectivity index (χ1) is 11.2. The van der Waals surface area contributed by atoms with Crippen LogP contribution in [-0.2, 0) is 4.79 Å². The van der Waals surface area contributed by atoms with Crippen molar-refractivity contribution in [1.29, 1.82) is 0 Å². The number of para-hydroxylation sites is 1. The Bertz CT molecular complexity index is 689. The molecule has 0 atom stereocenters. The predicted octanol–water partition coefficient (Wildman–Crippen LogP) is 2.61. The standard InChI is InChI=1S/C17H17N3O2S/c21-16-12-20(11-10-18-16)17(23)19-13-6-8-15(9-7-13)22-14-4-2-1-3-5-14/h1-9H,10-12H2,(H,18,21)(H,19,23). The fourth-order valence-corrected chi connectivity index (χ4v) is 2.52.